The minimum absolute atomic E-state index is 0.387. The molecular weight excluding hydrogens is 246 g/mol. The zero-order chi connectivity index (χ0) is 13.2. The van der Waals surface area contributed by atoms with E-state index < -0.39 is 0 Å². The summed E-state index contributed by atoms with van der Waals surface area (Å²) in [4.78, 5) is 0. The molecule has 0 aliphatic carbocycles. The van der Waals surface area contributed by atoms with Gasteiger partial charge in [0.05, 0.1) is 6.61 Å². The van der Waals surface area contributed by atoms with Crippen LogP contribution in [0.1, 0.15) is 32.3 Å². The SMILES string of the molecule is CCCNC(COCCC)Cc1ccc(Cl)cc1. The standard InChI is InChI=1S/C15H24ClNO/c1-3-9-17-15(12-18-10-4-2)11-13-5-7-14(16)8-6-13/h5-8,15,17H,3-4,9-12H2,1-2H3. The molecule has 0 saturated heterocycles. The minimum atomic E-state index is 0.387. The lowest BCUT2D eigenvalue weighted by Crippen LogP contribution is -2.36. The van der Waals surface area contributed by atoms with Gasteiger partial charge in [0.1, 0.15) is 0 Å². The van der Waals surface area contributed by atoms with E-state index in [0.717, 1.165) is 44.0 Å². The first-order valence-corrected chi connectivity index (χ1v) is 7.19. The second-order valence-corrected chi connectivity index (χ2v) is 4.99. The summed E-state index contributed by atoms with van der Waals surface area (Å²) in [6.45, 7) is 6.96. The first kappa shape index (κ1) is 15.5. The zero-order valence-corrected chi connectivity index (χ0v) is 12.2. The van der Waals surface area contributed by atoms with Gasteiger partial charge in [0.15, 0.2) is 0 Å². The second-order valence-electron chi connectivity index (χ2n) is 4.56. The number of benzene rings is 1. The quantitative estimate of drug-likeness (QED) is 0.691. The molecule has 2 nitrogen and oxygen atoms in total. The number of nitrogens with one attached hydrogen (secondary N) is 1. The Morgan fingerprint density at radius 2 is 1.89 bits per heavy atom. The van der Waals surface area contributed by atoms with Gasteiger partial charge in [-0.05, 0) is 43.5 Å². The Bertz CT molecular complexity index is 313. The third-order valence-electron chi connectivity index (χ3n) is 2.75. The maximum atomic E-state index is 5.89. The average molecular weight is 270 g/mol. The molecule has 1 atom stereocenters. The minimum Gasteiger partial charge on any atom is -0.380 e. The van der Waals surface area contributed by atoms with Gasteiger partial charge in [0.2, 0.25) is 0 Å². The molecule has 0 spiro atoms. The molecule has 0 aliphatic heterocycles. The summed E-state index contributed by atoms with van der Waals surface area (Å²) >= 11 is 5.89. The van der Waals surface area contributed by atoms with Crippen LogP contribution in [0.2, 0.25) is 5.02 Å². The number of halogens is 1. The molecule has 0 radical (unpaired) electrons. The summed E-state index contributed by atoms with van der Waals surface area (Å²) in [7, 11) is 0. The molecule has 1 aromatic carbocycles. The summed E-state index contributed by atoms with van der Waals surface area (Å²) in [5.41, 5.74) is 1.30. The van der Waals surface area contributed by atoms with Crippen LogP contribution in [0.15, 0.2) is 24.3 Å². The van der Waals surface area contributed by atoms with E-state index in [1.807, 2.05) is 12.1 Å². The van der Waals surface area contributed by atoms with Crippen molar-refractivity contribution < 1.29 is 4.74 Å². The fraction of sp³-hybridized carbons (Fsp3) is 0.600. The monoisotopic (exact) mass is 269 g/mol. The molecule has 0 fully saturated rings. The lowest BCUT2D eigenvalue weighted by Gasteiger charge is -2.18. The van der Waals surface area contributed by atoms with E-state index >= 15 is 0 Å². The van der Waals surface area contributed by atoms with Crippen molar-refractivity contribution in [1.82, 2.24) is 5.32 Å². The van der Waals surface area contributed by atoms with Gasteiger partial charge in [-0.2, -0.15) is 0 Å². The first-order chi connectivity index (χ1) is 8.76. The summed E-state index contributed by atoms with van der Waals surface area (Å²) in [5.74, 6) is 0. The van der Waals surface area contributed by atoms with E-state index in [1.165, 1.54) is 5.56 Å². The Morgan fingerprint density at radius 1 is 1.17 bits per heavy atom. The van der Waals surface area contributed by atoms with Crippen LogP contribution in [-0.2, 0) is 11.2 Å². The van der Waals surface area contributed by atoms with Gasteiger partial charge in [-0.25, -0.2) is 0 Å². The second kappa shape index (κ2) is 9.37. The molecule has 18 heavy (non-hydrogen) atoms. The molecule has 0 heterocycles. The smallest absolute Gasteiger partial charge is 0.0622 e. The summed E-state index contributed by atoms with van der Waals surface area (Å²) in [6.07, 6.45) is 3.20. The number of hydrogen-bond donors (Lipinski definition) is 1. The highest BCUT2D eigenvalue weighted by Crippen LogP contribution is 2.11. The summed E-state index contributed by atoms with van der Waals surface area (Å²) < 4.78 is 5.65. The van der Waals surface area contributed by atoms with E-state index in [1.54, 1.807) is 0 Å². The molecule has 0 aromatic heterocycles. The highest BCUT2D eigenvalue weighted by Gasteiger charge is 2.08. The van der Waals surface area contributed by atoms with Crippen LogP contribution < -0.4 is 5.32 Å². The third-order valence-corrected chi connectivity index (χ3v) is 3.00. The predicted octanol–water partition coefficient (Wildman–Crippen LogP) is 3.68. The molecule has 102 valence electrons. The molecule has 1 rings (SSSR count). The molecule has 0 saturated carbocycles. The third kappa shape index (κ3) is 6.39. The van der Waals surface area contributed by atoms with Gasteiger partial charge in [0.25, 0.3) is 0 Å². The van der Waals surface area contributed by atoms with Gasteiger partial charge in [0, 0.05) is 17.7 Å². The van der Waals surface area contributed by atoms with Crippen LogP contribution in [0.5, 0.6) is 0 Å². The lowest BCUT2D eigenvalue weighted by atomic mass is 10.1. The van der Waals surface area contributed by atoms with Gasteiger partial charge in [-0.1, -0.05) is 37.6 Å². The van der Waals surface area contributed by atoms with Crippen LogP contribution in [0.3, 0.4) is 0 Å². The van der Waals surface area contributed by atoms with Gasteiger partial charge < -0.3 is 10.1 Å². The van der Waals surface area contributed by atoms with Gasteiger partial charge >= 0.3 is 0 Å². The van der Waals surface area contributed by atoms with Crippen molar-refractivity contribution in [3.63, 3.8) is 0 Å². The Balaban J connectivity index is 2.45. The van der Waals surface area contributed by atoms with Crippen LogP contribution in [-0.4, -0.2) is 25.8 Å². The van der Waals surface area contributed by atoms with Crippen molar-refractivity contribution >= 4 is 11.6 Å². The highest BCUT2D eigenvalue weighted by molar-refractivity contribution is 6.30. The highest BCUT2D eigenvalue weighted by atomic mass is 35.5. The number of hydrogen-bond acceptors (Lipinski definition) is 2. The van der Waals surface area contributed by atoms with Gasteiger partial charge in [-0.15, -0.1) is 0 Å². The maximum Gasteiger partial charge on any atom is 0.0622 e. The van der Waals surface area contributed by atoms with E-state index in [0.29, 0.717) is 6.04 Å². The van der Waals surface area contributed by atoms with Crippen molar-refractivity contribution in [1.29, 1.82) is 0 Å². The van der Waals surface area contributed by atoms with Crippen LogP contribution in [0, 0.1) is 0 Å². The van der Waals surface area contributed by atoms with E-state index in [2.05, 4.69) is 31.3 Å². The molecule has 1 N–H and O–H groups in total. The fourth-order valence-electron chi connectivity index (χ4n) is 1.81. The zero-order valence-electron chi connectivity index (χ0n) is 11.4. The fourth-order valence-corrected chi connectivity index (χ4v) is 1.94. The molecule has 1 unspecified atom stereocenters. The molecule has 0 aliphatic rings. The Hall–Kier alpha value is -0.570. The average Bonchev–Trinajstić information content (AvgIpc) is 2.38. The van der Waals surface area contributed by atoms with Crippen molar-refractivity contribution in [2.45, 2.75) is 39.2 Å². The maximum absolute atomic E-state index is 5.89. The number of ether oxygens (including phenoxy) is 1. The largest absolute Gasteiger partial charge is 0.380 e. The molecule has 0 bridgehead atoms. The molecule has 3 heteroatoms. The van der Waals surface area contributed by atoms with Crippen molar-refractivity contribution in [2.75, 3.05) is 19.8 Å². The first-order valence-electron chi connectivity index (χ1n) is 6.81. The van der Waals surface area contributed by atoms with Gasteiger partial charge in [-0.3, -0.25) is 0 Å². The Kier molecular flexibility index (Phi) is 8.06. The molecule has 1 aromatic rings. The molecule has 0 amide bonds. The van der Waals surface area contributed by atoms with Crippen molar-refractivity contribution in [2.24, 2.45) is 0 Å². The van der Waals surface area contributed by atoms with Crippen molar-refractivity contribution in [3.8, 4) is 0 Å². The van der Waals surface area contributed by atoms with Crippen LogP contribution >= 0.6 is 11.6 Å². The van der Waals surface area contributed by atoms with E-state index in [4.69, 9.17) is 16.3 Å². The Morgan fingerprint density at radius 3 is 2.50 bits per heavy atom. The Labute approximate surface area is 116 Å². The normalized spacial score (nSPS) is 12.6. The van der Waals surface area contributed by atoms with Crippen LogP contribution in [0.4, 0.5) is 0 Å². The van der Waals surface area contributed by atoms with Crippen molar-refractivity contribution in [3.05, 3.63) is 34.9 Å². The number of rotatable bonds is 9. The van der Waals surface area contributed by atoms with Crippen LogP contribution in [0.25, 0.3) is 0 Å². The predicted molar refractivity (Wildman–Crippen MR) is 78.3 cm³/mol. The molecular formula is C15H24ClNO. The van der Waals surface area contributed by atoms with E-state index in [-0.39, 0.29) is 0 Å². The summed E-state index contributed by atoms with van der Waals surface area (Å²) in [6, 6.07) is 8.45. The lowest BCUT2D eigenvalue weighted by molar-refractivity contribution is 0.112. The summed E-state index contributed by atoms with van der Waals surface area (Å²) in [5, 5.41) is 4.32. The van der Waals surface area contributed by atoms with E-state index in [9.17, 15) is 0 Å². The topological polar surface area (TPSA) is 21.3 Å².